The van der Waals surface area contributed by atoms with Crippen LogP contribution >= 0.6 is 0 Å². The molecule has 9 heteroatoms. The van der Waals surface area contributed by atoms with Crippen molar-refractivity contribution in [2.45, 2.75) is 32.2 Å². The zero-order valence-corrected chi connectivity index (χ0v) is 16.5. The Hall–Kier alpha value is -2.00. The molecule has 0 aliphatic carbocycles. The van der Waals surface area contributed by atoms with Gasteiger partial charge < -0.3 is 9.42 Å². The van der Waals surface area contributed by atoms with Crippen molar-refractivity contribution in [2.75, 3.05) is 42.6 Å². The van der Waals surface area contributed by atoms with Gasteiger partial charge in [-0.3, -0.25) is 4.90 Å². The van der Waals surface area contributed by atoms with E-state index >= 15 is 0 Å². The first kappa shape index (κ1) is 18.4. The second-order valence-electron chi connectivity index (χ2n) is 7.60. The van der Waals surface area contributed by atoms with Gasteiger partial charge in [0.15, 0.2) is 15.7 Å². The third-order valence-electron chi connectivity index (χ3n) is 5.31. The first-order valence-electron chi connectivity index (χ1n) is 9.41. The van der Waals surface area contributed by atoms with Gasteiger partial charge >= 0.3 is 0 Å². The van der Waals surface area contributed by atoms with E-state index in [-0.39, 0.29) is 12.0 Å². The molecule has 0 spiro atoms. The fraction of sp³-hybridized carbons (Fsp3) is 0.611. The lowest BCUT2D eigenvalue weighted by Crippen LogP contribution is -2.51. The van der Waals surface area contributed by atoms with Crippen LogP contribution in [0.15, 0.2) is 22.9 Å². The number of piperazine rings is 1. The highest BCUT2D eigenvalue weighted by Gasteiger charge is 2.33. The second-order valence-corrected chi connectivity index (χ2v) is 9.82. The Morgan fingerprint density at radius 1 is 1.22 bits per heavy atom. The molecule has 2 aromatic heterocycles. The Labute approximate surface area is 159 Å². The minimum absolute atomic E-state index is 0.171. The van der Waals surface area contributed by atoms with Gasteiger partial charge in [0, 0.05) is 49.9 Å². The van der Waals surface area contributed by atoms with Crippen LogP contribution in [0.1, 0.15) is 32.0 Å². The number of pyridine rings is 1. The molecule has 4 rings (SSSR count). The van der Waals surface area contributed by atoms with E-state index < -0.39 is 9.84 Å². The molecule has 2 aliphatic rings. The summed E-state index contributed by atoms with van der Waals surface area (Å²) in [5.41, 5.74) is 0.865. The maximum atomic E-state index is 11.7. The van der Waals surface area contributed by atoms with E-state index in [4.69, 9.17) is 4.52 Å². The monoisotopic (exact) mass is 391 g/mol. The van der Waals surface area contributed by atoms with Crippen molar-refractivity contribution in [3.63, 3.8) is 0 Å². The molecule has 0 amide bonds. The Kier molecular flexibility index (Phi) is 4.90. The standard InChI is InChI=1S/C18H25N5O3S/c1-13(2)17-20-18(26-21-17)14-3-5-19-16(11-14)23-8-6-22(7-9-23)15-4-10-27(24,25)12-15/h3,5,11,13,15H,4,6-10,12H2,1-2H3. The third kappa shape index (κ3) is 3.98. The van der Waals surface area contributed by atoms with Gasteiger partial charge in [0.25, 0.3) is 5.89 Å². The largest absolute Gasteiger partial charge is 0.354 e. The number of nitrogens with zero attached hydrogens (tertiary/aromatic N) is 5. The number of anilines is 1. The van der Waals surface area contributed by atoms with Crippen molar-refractivity contribution >= 4 is 15.7 Å². The molecule has 1 unspecified atom stereocenters. The molecule has 1 atom stereocenters. The number of aromatic nitrogens is 3. The van der Waals surface area contributed by atoms with Crippen LogP contribution in [0.5, 0.6) is 0 Å². The van der Waals surface area contributed by atoms with Crippen LogP contribution in [-0.2, 0) is 9.84 Å². The van der Waals surface area contributed by atoms with E-state index in [1.54, 1.807) is 6.20 Å². The highest BCUT2D eigenvalue weighted by atomic mass is 32.2. The zero-order valence-electron chi connectivity index (χ0n) is 15.7. The molecule has 2 aliphatic heterocycles. The summed E-state index contributed by atoms with van der Waals surface area (Å²) in [4.78, 5) is 13.5. The highest BCUT2D eigenvalue weighted by molar-refractivity contribution is 7.91. The Bertz CT molecular complexity index is 903. The molecular weight excluding hydrogens is 366 g/mol. The Balaban J connectivity index is 1.43. The lowest BCUT2D eigenvalue weighted by Gasteiger charge is -2.38. The summed E-state index contributed by atoms with van der Waals surface area (Å²) in [5, 5.41) is 4.02. The summed E-state index contributed by atoms with van der Waals surface area (Å²) in [6, 6.07) is 4.03. The summed E-state index contributed by atoms with van der Waals surface area (Å²) in [6.45, 7) is 7.42. The summed E-state index contributed by atoms with van der Waals surface area (Å²) >= 11 is 0. The Morgan fingerprint density at radius 2 is 2.00 bits per heavy atom. The minimum Gasteiger partial charge on any atom is -0.354 e. The molecule has 4 heterocycles. The Morgan fingerprint density at radius 3 is 2.63 bits per heavy atom. The van der Waals surface area contributed by atoms with Crippen LogP contribution in [0, 0.1) is 0 Å². The smallest absolute Gasteiger partial charge is 0.258 e. The normalized spacial score (nSPS) is 23.2. The van der Waals surface area contributed by atoms with E-state index in [0.717, 1.165) is 44.0 Å². The molecule has 0 bridgehead atoms. The molecule has 0 saturated carbocycles. The number of rotatable bonds is 4. The molecule has 27 heavy (non-hydrogen) atoms. The lowest BCUT2D eigenvalue weighted by atomic mass is 10.2. The van der Waals surface area contributed by atoms with Crippen LogP contribution in [-0.4, -0.2) is 72.2 Å². The van der Waals surface area contributed by atoms with Gasteiger partial charge in [0.05, 0.1) is 11.5 Å². The summed E-state index contributed by atoms with van der Waals surface area (Å²) in [6.07, 6.45) is 2.52. The van der Waals surface area contributed by atoms with Gasteiger partial charge in [-0.05, 0) is 18.6 Å². The molecule has 0 radical (unpaired) electrons. The first-order valence-corrected chi connectivity index (χ1v) is 11.2. The van der Waals surface area contributed by atoms with Crippen LogP contribution in [0.3, 0.4) is 0 Å². The average molecular weight is 391 g/mol. The molecule has 2 fully saturated rings. The van der Waals surface area contributed by atoms with Crippen molar-refractivity contribution in [3.05, 3.63) is 24.2 Å². The second kappa shape index (κ2) is 7.20. The van der Waals surface area contributed by atoms with E-state index in [2.05, 4.69) is 24.9 Å². The number of sulfone groups is 1. The molecule has 8 nitrogen and oxygen atoms in total. The maximum absolute atomic E-state index is 11.7. The summed E-state index contributed by atoms with van der Waals surface area (Å²) in [5.74, 6) is 2.94. The molecule has 146 valence electrons. The zero-order chi connectivity index (χ0) is 19.0. The van der Waals surface area contributed by atoms with Crippen molar-refractivity contribution in [3.8, 4) is 11.5 Å². The first-order chi connectivity index (χ1) is 12.9. The lowest BCUT2D eigenvalue weighted by molar-refractivity contribution is 0.200. The van der Waals surface area contributed by atoms with E-state index in [0.29, 0.717) is 23.2 Å². The number of hydrogen-bond donors (Lipinski definition) is 0. The summed E-state index contributed by atoms with van der Waals surface area (Å²) < 4.78 is 28.8. The predicted molar refractivity (Wildman–Crippen MR) is 102 cm³/mol. The molecule has 2 saturated heterocycles. The summed E-state index contributed by atoms with van der Waals surface area (Å²) in [7, 11) is -2.84. The van der Waals surface area contributed by atoms with Gasteiger partial charge in [-0.15, -0.1) is 0 Å². The topological polar surface area (TPSA) is 92.4 Å². The van der Waals surface area contributed by atoms with E-state index in [1.165, 1.54) is 0 Å². The molecule has 0 aromatic carbocycles. The van der Waals surface area contributed by atoms with E-state index in [9.17, 15) is 8.42 Å². The number of hydrogen-bond acceptors (Lipinski definition) is 8. The van der Waals surface area contributed by atoms with Gasteiger partial charge in [-0.1, -0.05) is 19.0 Å². The SMILES string of the molecule is CC(C)c1noc(-c2ccnc(N3CCN(C4CCS(=O)(=O)C4)CC3)c2)n1. The maximum Gasteiger partial charge on any atom is 0.258 e. The molecular formula is C18H25N5O3S. The van der Waals surface area contributed by atoms with Crippen LogP contribution in [0.25, 0.3) is 11.5 Å². The quantitative estimate of drug-likeness (QED) is 0.775. The van der Waals surface area contributed by atoms with Crippen LogP contribution < -0.4 is 4.90 Å². The van der Waals surface area contributed by atoms with Crippen molar-refractivity contribution in [2.24, 2.45) is 0 Å². The van der Waals surface area contributed by atoms with Gasteiger partial charge in [-0.2, -0.15) is 4.98 Å². The van der Waals surface area contributed by atoms with Crippen LogP contribution in [0.4, 0.5) is 5.82 Å². The van der Waals surface area contributed by atoms with Gasteiger partial charge in [-0.25, -0.2) is 13.4 Å². The fourth-order valence-corrected chi connectivity index (χ4v) is 5.45. The average Bonchev–Trinajstić information content (AvgIpc) is 3.29. The van der Waals surface area contributed by atoms with Crippen molar-refractivity contribution in [1.29, 1.82) is 0 Å². The van der Waals surface area contributed by atoms with Gasteiger partial charge in [0.2, 0.25) is 0 Å². The third-order valence-corrected chi connectivity index (χ3v) is 7.06. The fourth-order valence-electron chi connectivity index (χ4n) is 3.69. The highest BCUT2D eigenvalue weighted by Crippen LogP contribution is 2.25. The predicted octanol–water partition coefficient (Wildman–Crippen LogP) is 1.56. The van der Waals surface area contributed by atoms with Crippen LogP contribution in [0.2, 0.25) is 0 Å². The minimum atomic E-state index is -2.84. The van der Waals surface area contributed by atoms with Crippen molar-refractivity contribution < 1.29 is 12.9 Å². The van der Waals surface area contributed by atoms with E-state index in [1.807, 2.05) is 26.0 Å². The van der Waals surface area contributed by atoms with Gasteiger partial charge in [0.1, 0.15) is 5.82 Å². The van der Waals surface area contributed by atoms with Crippen molar-refractivity contribution in [1.82, 2.24) is 20.0 Å². The molecule has 2 aromatic rings. The molecule has 0 N–H and O–H groups in total.